The lowest BCUT2D eigenvalue weighted by Gasteiger charge is -2.33. The Morgan fingerprint density at radius 1 is 1.24 bits per heavy atom. The summed E-state index contributed by atoms with van der Waals surface area (Å²) in [6, 6.07) is 7.77. The molecule has 0 spiro atoms. The highest BCUT2D eigenvalue weighted by Gasteiger charge is 2.23. The number of nitrogens with zero attached hydrogens (tertiary/aromatic N) is 3. The topological polar surface area (TPSA) is 87.0 Å². The van der Waals surface area contributed by atoms with E-state index >= 15 is 0 Å². The zero-order chi connectivity index (χ0) is 17.1. The molecule has 128 valence electrons. The molecule has 4 rings (SSSR count). The fourth-order valence-corrected chi connectivity index (χ4v) is 3.17. The molecular formula is C18H19N5O2. The Balaban J connectivity index is 1.38. The minimum Gasteiger partial charge on any atom is -0.463 e. The highest BCUT2D eigenvalue weighted by molar-refractivity contribution is 5.99. The zero-order valence-corrected chi connectivity index (χ0v) is 13.7. The molecule has 1 fully saturated rings. The Morgan fingerprint density at radius 2 is 2.04 bits per heavy atom. The van der Waals surface area contributed by atoms with Crippen molar-refractivity contribution in [1.82, 2.24) is 20.5 Å². The van der Waals surface area contributed by atoms with Crippen LogP contribution < -0.4 is 10.2 Å². The molecule has 7 nitrogen and oxygen atoms in total. The lowest BCUT2D eigenvalue weighted by Crippen LogP contribution is -2.44. The number of rotatable bonds is 4. The molecule has 0 bridgehead atoms. The van der Waals surface area contributed by atoms with E-state index in [1.54, 1.807) is 37.0 Å². The Bertz CT molecular complexity index is 820. The average Bonchev–Trinajstić information content (AvgIpc) is 3.34. The number of furan rings is 1. The van der Waals surface area contributed by atoms with Crippen LogP contribution in [-0.2, 0) is 0 Å². The van der Waals surface area contributed by atoms with E-state index in [0.717, 1.165) is 25.9 Å². The van der Waals surface area contributed by atoms with Crippen LogP contribution in [0.3, 0.4) is 0 Å². The quantitative estimate of drug-likeness (QED) is 0.764. The first-order chi connectivity index (χ1) is 12.3. The molecule has 2 N–H and O–H groups in total. The third-order valence-electron chi connectivity index (χ3n) is 4.51. The standard InChI is InChI=1S/C18H19N5O2/c24-18(15-12-20-22-17(15)16-2-1-11-25-16)21-13-5-9-23(10-6-13)14-3-7-19-8-4-14/h1-4,7-8,11-13H,5-6,9-10H2,(H,20,22)(H,21,24). The van der Waals surface area contributed by atoms with Crippen molar-refractivity contribution < 1.29 is 9.21 Å². The van der Waals surface area contributed by atoms with Gasteiger partial charge in [0, 0.05) is 37.2 Å². The smallest absolute Gasteiger partial charge is 0.255 e. The van der Waals surface area contributed by atoms with Crippen LogP contribution in [0.2, 0.25) is 0 Å². The van der Waals surface area contributed by atoms with Crippen LogP contribution in [0.4, 0.5) is 5.69 Å². The number of carbonyl (C=O) groups is 1. The van der Waals surface area contributed by atoms with Gasteiger partial charge in [-0.15, -0.1) is 0 Å². The Kier molecular flexibility index (Phi) is 4.20. The second-order valence-corrected chi connectivity index (χ2v) is 6.08. The van der Waals surface area contributed by atoms with Crippen molar-refractivity contribution in [1.29, 1.82) is 0 Å². The molecule has 1 saturated heterocycles. The van der Waals surface area contributed by atoms with E-state index in [1.807, 2.05) is 12.1 Å². The number of hydrogen-bond acceptors (Lipinski definition) is 5. The first-order valence-corrected chi connectivity index (χ1v) is 8.34. The van der Waals surface area contributed by atoms with Crippen molar-refractivity contribution in [3.63, 3.8) is 0 Å². The maximum atomic E-state index is 12.6. The third kappa shape index (κ3) is 3.26. The predicted molar refractivity (Wildman–Crippen MR) is 93.2 cm³/mol. The van der Waals surface area contributed by atoms with Crippen molar-refractivity contribution >= 4 is 11.6 Å². The second kappa shape index (κ2) is 6.80. The molecule has 0 saturated carbocycles. The molecule has 0 unspecified atom stereocenters. The fourth-order valence-electron chi connectivity index (χ4n) is 3.17. The van der Waals surface area contributed by atoms with E-state index in [2.05, 4.69) is 25.4 Å². The van der Waals surface area contributed by atoms with Crippen LogP contribution in [0.25, 0.3) is 11.5 Å². The van der Waals surface area contributed by atoms with Crippen LogP contribution in [0.15, 0.2) is 53.5 Å². The Hall–Kier alpha value is -3.09. The van der Waals surface area contributed by atoms with Crippen LogP contribution in [-0.4, -0.2) is 40.2 Å². The van der Waals surface area contributed by atoms with Gasteiger partial charge in [0.15, 0.2) is 5.76 Å². The van der Waals surface area contributed by atoms with Crippen molar-refractivity contribution in [3.05, 3.63) is 54.7 Å². The first kappa shape index (κ1) is 15.4. The molecule has 1 aliphatic rings. The van der Waals surface area contributed by atoms with Crippen molar-refractivity contribution in [3.8, 4) is 11.5 Å². The summed E-state index contributed by atoms with van der Waals surface area (Å²) in [6.07, 6.45) is 8.53. The molecule has 0 radical (unpaired) electrons. The highest BCUT2D eigenvalue weighted by atomic mass is 16.3. The normalized spacial score (nSPS) is 15.3. The minimum absolute atomic E-state index is 0.123. The number of H-pyrrole nitrogens is 1. The van der Waals surface area contributed by atoms with Gasteiger partial charge in [0.1, 0.15) is 5.69 Å². The molecule has 1 aliphatic heterocycles. The van der Waals surface area contributed by atoms with Crippen LogP contribution >= 0.6 is 0 Å². The Morgan fingerprint density at radius 3 is 2.76 bits per heavy atom. The zero-order valence-electron chi connectivity index (χ0n) is 13.7. The van der Waals surface area contributed by atoms with Crippen molar-refractivity contribution in [2.45, 2.75) is 18.9 Å². The lowest BCUT2D eigenvalue weighted by atomic mass is 10.0. The van der Waals surface area contributed by atoms with Gasteiger partial charge in [0.05, 0.1) is 18.0 Å². The minimum atomic E-state index is -0.123. The summed E-state index contributed by atoms with van der Waals surface area (Å²) in [5.41, 5.74) is 2.29. The number of aromatic nitrogens is 3. The van der Waals surface area contributed by atoms with Gasteiger partial charge >= 0.3 is 0 Å². The van der Waals surface area contributed by atoms with Gasteiger partial charge in [0.25, 0.3) is 5.91 Å². The highest BCUT2D eigenvalue weighted by Crippen LogP contribution is 2.23. The largest absolute Gasteiger partial charge is 0.463 e. The number of amides is 1. The van der Waals surface area contributed by atoms with Gasteiger partial charge in [-0.1, -0.05) is 0 Å². The fraction of sp³-hybridized carbons (Fsp3) is 0.278. The summed E-state index contributed by atoms with van der Waals surface area (Å²) in [5, 5.41) is 9.94. The van der Waals surface area contributed by atoms with Gasteiger partial charge in [-0.25, -0.2) is 0 Å². The van der Waals surface area contributed by atoms with Gasteiger partial charge in [-0.05, 0) is 37.1 Å². The Labute approximate surface area is 145 Å². The molecular weight excluding hydrogens is 318 g/mol. The molecule has 1 amide bonds. The van der Waals surface area contributed by atoms with Crippen LogP contribution in [0, 0.1) is 0 Å². The van der Waals surface area contributed by atoms with Crippen LogP contribution in [0.1, 0.15) is 23.2 Å². The second-order valence-electron chi connectivity index (χ2n) is 6.08. The molecule has 0 aliphatic carbocycles. The van der Waals surface area contributed by atoms with Gasteiger partial charge < -0.3 is 14.6 Å². The van der Waals surface area contributed by atoms with Crippen molar-refractivity contribution in [2.24, 2.45) is 0 Å². The van der Waals surface area contributed by atoms with E-state index in [0.29, 0.717) is 17.0 Å². The number of pyridine rings is 1. The number of carbonyl (C=O) groups excluding carboxylic acids is 1. The molecule has 25 heavy (non-hydrogen) atoms. The number of anilines is 1. The SMILES string of the molecule is O=C(NC1CCN(c2ccncc2)CC1)c1cn[nH]c1-c1ccco1. The number of piperidine rings is 1. The summed E-state index contributed by atoms with van der Waals surface area (Å²) in [6.45, 7) is 1.82. The number of hydrogen-bond donors (Lipinski definition) is 2. The number of aromatic amines is 1. The van der Waals surface area contributed by atoms with E-state index in [9.17, 15) is 4.79 Å². The average molecular weight is 337 g/mol. The predicted octanol–water partition coefficient (Wildman–Crippen LogP) is 2.46. The summed E-state index contributed by atoms with van der Waals surface area (Å²) >= 11 is 0. The summed E-state index contributed by atoms with van der Waals surface area (Å²) < 4.78 is 5.36. The molecule has 0 aromatic carbocycles. The summed E-state index contributed by atoms with van der Waals surface area (Å²) in [5.74, 6) is 0.484. The van der Waals surface area contributed by atoms with E-state index in [1.165, 1.54) is 5.69 Å². The summed E-state index contributed by atoms with van der Waals surface area (Å²) in [7, 11) is 0. The van der Waals surface area contributed by atoms with E-state index in [-0.39, 0.29) is 11.9 Å². The molecule has 4 heterocycles. The maximum absolute atomic E-state index is 12.6. The van der Waals surface area contributed by atoms with E-state index < -0.39 is 0 Å². The molecule has 3 aromatic heterocycles. The maximum Gasteiger partial charge on any atom is 0.255 e. The molecule has 0 atom stereocenters. The first-order valence-electron chi connectivity index (χ1n) is 8.34. The lowest BCUT2D eigenvalue weighted by molar-refractivity contribution is 0.0931. The molecule has 7 heteroatoms. The van der Waals surface area contributed by atoms with Gasteiger partial charge in [-0.2, -0.15) is 5.10 Å². The summed E-state index contributed by atoms with van der Waals surface area (Å²) in [4.78, 5) is 19.0. The monoisotopic (exact) mass is 337 g/mol. The molecule has 3 aromatic rings. The number of nitrogens with one attached hydrogen (secondary N) is 2. The van der Waals surface area contributed by atoms with Gasteiger partial charge in [0.2, 0.25) is 0 Å². The van der Waals surface area contributed by atoms with Crippen LogP contribution in [0.5, 0.6) is 0 Å². The third-order valence-corrected chi connectivity index (χ3v) is 4.51. The van der Waals surface area contributed by atoms with E-state index in [4.69, 9.17) is 4.42 Å². The van der Waals surface area contributed by atoms with Gasteiger partial charge in [-0.3, -0.25) is 14.9 Å². The van der Waals surface area contributed by atoms with Crippen molar-refractivity contribution in [2.75, 3.05) is 18.0 Å².